The molecule has 0 amide bonds. The summed E-state index contributed by atoms with van der Waals surface area (Å²) in [5.41, 5.74) is 2.44. The molecule has 0 radical (unpaired) electrons. The maximum absolute atomic E-state index is 10.8. The molecular formula is C25H40O4. The number of hydrogen-bond donors (Lipinski definition) is 2. The number of benzene rings is 1. The van der Waals surface area contributed by atoms with Crippen LogP contribution in [0.5, 0.6) is 5.75 Å². The number of aliphatic hydroxyl groups is 1. The predicted molar refractivity (Wildman–Crippen MR) is 117 cm³/mol. The Kier molecular flexibility index (Phi) is 9.99. The molecule has 2 aliphatic rings. The lowest BCUT2D eigenvalue weighted by Gasteiger charge is -2.32. The molecule has 2 N–H and O–H groups in total. The lowest BCUT2D eigenvalue weighted by atomic mass is 9.73. The SMILES string of the molecule is CC.CCCCCCCC[C@H]1[C@@H]2Cc3cccc(OCC(=O)O)c3C[C@@H]2C[C@@H]1O. The molecule has 0 saturated heterocycles. The molecule has 0 spiro atoms. The summed E-state index contributed by atoms with van der Waals surface area (Å²) in [7, 11) is 0. The molecule has 1 aromatic rings. The van der Waals surface area contributed by atoms with Crippen LogP contribution < -0.4 is 4.74 Å². The third kappa shape index (κ3) is 6.47. The maximum atomic E-state index is 10.8. The number of carboxylic acids is 1. The van der Waals surface area contributed by atoms with Gasteiger partial charge in [0.2, 0.25) is 0 Å². The lowest BCUT2D eigenvalue weighted by Crippen LogP contribution is -2.27. The van der Waals surface area contributed by atoms with E-state index in [0.717, 1.165) is 31.2 Å². The van der Waals surface area contributed by atoms with Crippen LogP contribution in [0.1, 0.15) is 83.3 Å². The van der Waals surface area contributed by atoms with E-state index in [9.17, 15) is 9.90 Å². The average Bonchev–Trinajstić information content (AvgIpc) is 3.03. The molecule has 3 rings (SSSR count). The Morgan fingerprint density at radius 3 is 2.55 bits per heavy atom. The second-order valence-corrected chi connectivity index (χ2v) is 8.43. The molecule has 4 heteroatoms. The molecule has 0 aromatic heterocycles. The van der Waals surface area contributed by atoms with Gasteiger partial charge in [-0.3, -0.25) is 0 Å². The molecule has 1 fully saturated rings. The van der Waals surface area contributed by atoms with Crippen molar-refractivity contribution in [2.75, 3.05) is 6.61 Å². The van der Waals surface area contributed by atoms with Gasteiger partial charge < -0.3 is 14.9 Å². The van der Waals surface area contributed by atoms with Crippen LogP contribution >= 0.6 is 0 Å². The number of unbranched alkanes of at least 4 members (excludes halogenated alkanes) is 5. The molecule has 164 valence electrons. The van der Waals surface area contributed by atoms with Crippen molar-refractivity contribution in [2.24, 2.45) is 17.8 Å². The van der Waals surface area contributed by atoms with Crippen LogP contribution in [0, 0.1) is 17.8 Å². The zero-order chi connectivity index (χ0) is 21.2. The van der Waals surface area contributed by atoms with Crippen LogP contribution in [-0.4, -0.2) is 28.9 Å². The van der Waals surface area contributed by atoms with Crippen molar-refractivity contribution in [1.82, 2.24) is 0 Å². The second kappa shape index (κ2) is 12.2. The van der Waals surface area contributed by atoms with Crippen LogP contribution in [0.15, 0.2) is 18.2 Å². The van der Waals surface area contributed by atoms with E-state index >= 15 is 0 Å². The molecule has 2 aliphatic carbocycles. The fraction of sp³-hybridized carbons (Fsp3) is 0.720. The summed E-state index contributed by atoms with van der Waals surface area (Å²) >= 11 is 0. The summed E-state index contributed by atoms with van der Waals surface area (Å²) in [6, 6.07) is 5.98. The van der Waals surface area contributed by atoms with Crippen LogP contribution in [0.4, 0.5) is 0 Å². The maximum Gasteiger partial charge on any atom is 0.341 e. The van der Waals surface area contributed by atoms with Gasteiger partial charge in [0.25, 0.3) is 0 Å². The number of aliphatic hydroxyl groups excluding tert-OH is 1. The Morgan fingerprint density at radius 1 is 1.10 bits per heavy atom. The third-order valence-electron chi connectivity index (χ3n) is 6.59. The van der Waals surface area contributed by atoms with E-state index in [1.54, 1.807) is 0 Å². The normalized spacial score (nSPS) is 24.8. The fourth-order valence-electron chi connectivity index (χ4n) is 5.24. The molecule has 1 saturated carbocycles. The average molecular weight is 405 g/mol. The van der Waals surface area contributed by atoms with Crippen molar-refractivity contribution >= 4 is 5.97 Å². The van der Waals surface area contributed by atoms with Crippen molar-refractivity contribution in [1.29, 1.82) is 0 Å². The number of ether oxygens (including phenoxy) is 1. The number of aliphatic carboxylic acids is 1. The van der Waals surface area contributed by atoms with Gasteiger partial charge in [-0.2, -0.15) is 0 Å². The summed E-state index contributed by atoms with van der Waals surface area (Å²) in [6.07, 6.45) is 11.5. The van der Waals surface area contributed by atoms with Gasteiger partial charge in [-0.15, -0.1) is 0 Å². The van der Waals surface area contributed by atoms with E-state index < -0.39 is 5.97 Å². The Balaban J connectivity index is 0.00000145. The minimum atomic E-state index is -0.948. The van der Waals surface area contributed by atoms with E-state index in [1.807, 2.05) is 26.0 Å². The first-order chi connectivity index (χ1) is 14.1. The Bertz CT molecular complexity index is 627. The first-order valence-corrected chi connectivity index (χ1v) is 11.7. The highest BCUT2D eigenvalue weighted by Gasteiger charge is 2.44. The summed E-state index contributed by atoms with van der Waals surface area (Å²) < 4.78 is 5.52. The molecule has 29 heavy (non-hydrogen) atoms. The molecule has 4 nitrogen and oxygen atoms in total. The molecule has 0 unspecified atom stereocenters. The molecule has 0 aliphatic heterocycles. The van der Waals surface area contributed by atoms with Gasteiger partial charge in [-0.05, 0) is 60.6 Å². The monoisotopic (exact) mass is 404 g/mol. The molecule has 0 heterocycles. The number of carbonyl (C=O) groups is 1. The Hall–Kier alpha value is -1.55. The van der Waals surface area contributed by atoms with Crippen molar-refractivity contribution in [3.8, 4) is 5.75 Å². The number of hydrogen-bond acceptors (Lipinski definition) is 3. The second-order valence-electron chi connectivity index (χ2n) is 8.43. The molecule has 0 bridgehead atoms. The largest absolute Gasteiger partial charge is 0.482 e. The van der Waals surface area contributed by atoms with E-state index in [-0.39, 0.29) is 12.7 Å². The molecule has 4 atom stereocenters. The number of rotatable bonds is 10. The van der Waals surface area contributed by atoms with Crippen molar-refractivity contribution in [3.05, 3.63) is 29.3 Å². The van der Waals surface area contributed by atoms with Gasteiger partial charge in [0, 0.05) is 0 Å². The van der Waals surface area contributed by atoms with Crippen molar-refractivity contribution < 1.29 is 19.7 Å². The van der Waals surface area contributed by atoms with Gasteiger partial charge in [0.05, 0.1) is 6.10 Å². The Labute approximate surface area is 176 Å². The standard InChI is InChI=1S/C23H34O4.C2H6/c1-2-3-4-5-6-7-10-18-19-12-16-9-8-11-22(27-15-23(25)26)20(16)13-17(19)14-21(18)24;1-2/h8-9,11,17-19,21,24H,2-7,10,12-15H2,1H3,(H,25,26);1-2H3/t17-,18+,19-,21+;/m1./s1. The highest BCUT2D eigenvalue weighted by atomic mass is 16.5. The minimum absolute atomic E-state index is 0.187. The van der Waals surface area contributed by atoms with Gasteiger partial charge in [0.1, 0.15) is 5.75 Å². The fourth-order valence-corrected chi connectivity index (χ4v) is 5.24. The first kappa shape index (κ1) is 23.7. The van der Waals surface area contributed by atoms with Gasteiger partial charge >= 0.3 is 5.97 Å². The van der Waals surface area contributed by atoms with Gasteiger partial charge in [-0.1, -0.05) is 71.4 Å². The molecule has 1 aromatic carbocycles. The topological polar surface area (TPSA) is 66.8 Å². The van der Waals surface area contributed by atoms with Crippen molar-refractivity contribution in [3.63, 3.8) is 0 Å². The summed E-state index contributed by atoms with van der Waals surface area (Å²) in [5.74, 6) is 1.22. The van der Waals surface area contributed by atoms with Gasteiger partial charge in [-0.25, -0.2) is 4.79 Å². The van der Waals surface area contributed by atoms with Crippen LogP contribution in [-0.2, 0) is 17.6 Å². The van der Waals surface area contributed by atoms with Gasteiger partial charge in [0.15, 0.2) is 6.61 Å². The summed E-state index contributed by atoms with van der Waals surface area (Å²) in [4.78, 5) is 10.8. The summed E-state index contributed by atoms with van der Waals surface area (Å²) in [6.45, 7) is 5.95. The van der Waals surface area contributed by atoms with Crippen LogP contribution in [0.3, 0.4) is 0 Å². The lowest BCUT2D eigenvalue weighted by molar-refractivity contribution is -0.139. The quantitative estimate of drug-likeness (QED) is 0.495. The summed E-state index contributed by atoms with van der Waals surface area (Å²) in [5, 5.41) is 19.6. The first-order valence-electron chi connectivity index (χ1n) is 11.7. The third-order valence-corrected chi connectivity index (χ3v) is 6.59. The van der Waals surface area contributed by atoms with E-state index in [0.29, 0.717) is 23.5 Å². The molecular weight excluding hydrogens is 364 g/mol. The number of fused-ring (bicyclic) bond motifs is 2. The van der Waals surface area contributed by atoms with E-state index in [1.165, 1.54) is 44.1 Å². The smallest absolute Gasteiger partial charge is 0.341 e. The van der Waals surface area contributed by atoms with E-state index in [4.69, 9.17) is 9.84 Å². The Morgan fingerprint density at radius 2 is 1.83 bits per heavy atom. The van der Waals surface area contributed by atoms with E-state index in [2.05, 4.69) is 13.0 Å². The highest BCUT2D eigenvalue weighted by molar-refractivity contribution is 5.68. The zero-order valence-electron chi connectivity index (χ0n) is 18.5. The zero-order valence-corrected chi connectivity index (χ0v) is 18.5. The van der Waals surface area contributed by atoms with Crippen molar-refractivity contribution in [2.45, 2.75) is 91.1 Å². The minimum Gasteiger partial charge on any atom is -0.482 e. The number of carboxylic acid groups (broad SMARTS) is 1. The van der Waals surface area contributed by atoms with Crippen LogP contribution in [0.2, 0.25) is 0 Å². The predicted octanol–water partition coefficient (Wildman–Crippen LogP) is 5.64. The highest BCUT2D eigenvalue weighted by Crippen LogP contribution is 2.48. The van der Waals surface area contributed by atoms with Crippen LogP contribution in [0.25, 0.3) is 0 Å².